The van der Waals surface area contributed by atoms with E-state index in [1.165, 1.54) is 0 Å². The molecule has 0 spiro atoms. The van der Waals surface area contributed by atoms with Crippen LogP contribution in [0.1, 0.15) is 0 Å². The first-order valence-corrected chi connectivity index (χ1v) is 6.24. The molecular formula is C11H19F2N3O6. The van der Waals surface area contributed by atoms with Gasteiger partial charge in [-0.3, -0.25) is 0 Å². The van der Waals surface area contributed by atoms with Crippen LogP contribution in [0.15, 0.2) is 12.4 Å². The van der Waals surface area contributed by atoms with E-state index in [0.717, 1.165) is 0 Å². The first-order chi connectivity index (χ1) is 10.1. The molecule has 0 radical (unpaired) electrons. The lowest BCUT2D eigenvalue weighted by molar-refractivity contribution is -0.275. The van der Waals surface area contributed by atoms with E-state index < -0.39 is 55.0 Å². The number of hydrogen-bond acceptors (Lipinski definition) is 8. The Balaban J connectivity index is 3.18. The molecule has 1 fully saturated rings. The molecule has 1 heterocycles. The Hall–Kier alpha value is -1.53. The van der Waals surface area contributed by atoms with E-state index in [-0.39, 0.29) is 5.82 Å². The minimum atomic E-state index is -3.83. The van der Waals surface area contributed by atoms with Crippen molar-refractivity contribution in [1.82, 2.24) is 5.32 Å². The Labute approximate surface area is 124 Å². The van der Waals surface area contributed by atoms with Crippen molar-refractivity contribution in [3.8, 4) is 0 Å². The zero-order chi connectivity index (χ0) is 17.2. The molecule has 1 rings (SSSR count). The Morgan fingerprint density at radius 3 is 2.45 bits per heavy atom. The monoisotopic (exact) mass is 327 g/mol. The fourth-order valence-electron chi connectivity index (χ4n) is 2.15. The predicted octanol–water partition coefficient (Wildman–Crippen LogP) is -3.10. The van der Waals surface area contributed by atoms with Gasteiger partial charge in [0.05, 0.1) is 24.5 Å². The summed E-state index contributed by atoms with van der Waals surface area (Å²) < 4.78 is 32.9. The number of nitrogens with two attached hydrogens (primary N) is 2. The number of aliphatic hydroxyl groups is 3. The Kier molecular flexibility index (Phi) is 5.65. The van der Waals surface area contributed by atoms with Crippen LogP contribution in [0.25, 0.3) is 0 Å². The maximum Gasteiger partial charge on any atom is 0.372 e. The summed E-state index contributed by atoms with van der Waals surface area (Å²) >= 11 is 0. The van der Waals surface area contributed by atoms with E-state index in [1.54, 1.807) is 0 Å². The highest BCUT2D eigenvalue weighted by Crippen LogP contribution is 2.35. The molecule has 1 aliphatic heterocycles. The third-order valence-corrected chi connectivity index (χ3v) is 3.33. The molecule has 0 saturated carbocycles. The molecular weight excluding hydrogens is 308 g/mol. The molecule has 0 aliphatic carbocycles. The van der Waals surface area contributed by atoms with Crippen LogP contribution in [0.3, 0.4) is 0 Å². The molecule has 9 N–H and O–H groups in total. The van der Waals surface area contributed by atoms with Crippen molar-refractivity contribution in [3.05, 3.63) is 12.4 Å². The fourth-order valence-corrected chi connectivity index (χ4v) is 2.15. The van der Waals surface area contributed by atoms with Crippen LogP contribution in [-0.4, -0.2) is 75.4 Å². The standard InChI is InChI=1S/C11H19F2N3O6/c1-3(14)16-6-5(15)8(7(19)4(18)2-17)22-11(13,9(6)12)10(20)21/h4-9,16-19H,1-2,14-15H2,(H,20,21)/t4-,5?,6?,7?,8?,9?,11?/m1/s1. The average molecular weight is 327 g/mol. The third kappa shape index (κ3) is 3.28. The minimum Gasteiger partial charge on any atom is -0.477 e. The molecule has 0 aromatic carbocycles. The number of carbonyl (C=O) groups is 1. The second-order valence-corrected chi connectivity index (χ2v) is 4.95. The van der Waals surface area contributed by atoms with Crippen LogP contribution in [0.5, 0.6) is 0 Å². The molecule has 7 atom stereocenters. The lowest BCUT2D eigenvalue weighted by Crippen LogP contribution is -2.73. The van der Waals surface area contributed by atoms with Crippen LogP contribution in [0, 0.1) is 0 Å². The van der Waals surface area contributed by atoms with E-state index in [4.69, 9.17) is 21.7 Å². The van der Waals surface area contributed by atoms with E-state index in [1.807, 2.05) is 0 Å². The molecule has 6 unspecified atom stereocenters. The quantitative estimate of drug-likeness (QED) is 0.267. The molecule has 0 amide bonds. The van der Waals surface area contributed by atoms with Gasteiger partial charge in [0.15, 0.2) is 6.17 Å². The lowest BCUT2D eigenvalue weighted by Gasteiger charge is -2.46. The third-order valence-electron chi connectivity index (χ3n) is 3.33. The molecule has 22 heavy (non-hydrogen) atoms. The normalized spacial score (nSPS) is 38.1. The van der Waals surface area contributed by atoms with E-state index >= 15 is 0 Å². The fraction of sp³-hybridized carbons (Fsp3) is 0.727. The molecule has 0 aromatic rings. The molecule has 128 valence electrons. The number of hydrogen-bond donors (Lipinski definition) is 7. The van der Waals surface area contributed by atoms with Gasteiger partial charge in [-0.15, -0.1) is 0 Å². The van der Waals surface area contributed by atoms with Gasteiger partial charge in [0.25, 0.3) is 0 Å². The van der Waals surface area contributed by atoms with Crippen LogP contribution < -0.4 is 16.8 Å². The maximum absolute atomic E-state index is 14.3. The predicted molar refractivity (Wildman–Crippen MR) is 68.6 cm³/mol. The molecule has 9 nitrogen and oxygen atoms in total. The lowest BCUT2D eigenvalue weighted by atomic mass is 9.86. The van der Waals surface area contributed by atoms with Crippen LogP contribution in [-0.2, 0) is 9.53 Å². The smallest absolute Gasteiger partial charge is 0.372 e. The van der Waals surface area contributed by atoms with E-state index in [2.05, 4.69) is 16.6 Å². The summed E-state index contributed by atoms with van der Waals surface area (Å²) in [7, 11) is 0. The average Bonchev–Trinajstić information content (AvgIpc) is 2.45. The summed E-state index contributed by atoms with van der Waals surface area (Å²) in [6.45, 7) is 2.28. The molecule has 1 saturated heterocycles. The van der Waals surface area contributed by atoms with Crippen molar-refractivity contribution < 1.29 is 38.7 Å². The van der Waals surface area contributed by atoms with Crippen molar-refractivity contribution >= 4 is 5.97 Å². The van der Waals surface area contributed by atoms with E-state index in [9.17, 15) is 23.8 Å². The zero-order valence-electron chi connectivity index (χ0n) is 11.4. The van der Waals surface area contributed by atoms with Gasteiger partial charge in [0.1, 0.15) is 18.3 Å². The van der Waals surface area contributed by atoms with Gasteiger partial charge in [-0.05, 0) is 0 Å². The summed E-state index contributed by atoms with van der Waals surface area (Å²) in [5.74, 6) is -6.42. The van der Waals surface area contributed by atoms with Gasteiger partial charge < -0.3 is 41.9 Å². The maximum atomic E-state index is 14.3. The Morgan fingerprint density at radius 2 is 2.05 bits per heavy atom. The zero-order valence-corrected chi connectivity index (χ0v) is 11.4. The second kappa shape index (κ2) is 6.71. The summed E-state index contributed by atoms with van der Waals surface area (Å²) in [4.78, 5) is 11.0. The van der Waals surface area contributed by atoms with Gasteiger partial charge in [0, 0.05) is 0 Å². The number of rotatable bonds is 6. The van der Waals surface area contributed by atoms with Gasteiger partial charge in [0.2, 0.25) is 0 Å². The highest BCUT2D eigenvalue weighted by atomic mass is 19.2. The van der Waals surface area contributed by atoms with Crippen molar-refractivity contribution in [2.24, 2.45) is 11.5 Å². The first-order valence-electron chi connectivity index (χ1n) is 6.24. The summed E-state index contributed by atoms with van der Waals surface area (Å²) in [6.07, 6.45) is -8.36. The number of ether oxygens (including phenoxy) is 1. The van der Waals surface area contributed by atoms with E-state index in [0.29, 0.717) is 0 Å². The Morgan fingerprint density at radius 1 is 1.50 bits per heavy atom. The highest BCUT2D eigenvalue weighted by Gasteiger charge is 2.62. The number of nitrogens with one attached hydrogen (secondary N) is 1. The van der Waals surface area contributed by atoms with Crippen molar-refractivity contribution in [2.45, 2.75) is 42.4 Å². The molecule has 0 bridgehead atoms. The number of alkyl halides is 2. The summed E-state index contributed by atoms with van der Waals surface area (Å²) in [5, 5.41) is 39.0. The highest BCUT2D eigenvalue weighted by molar-refractivity contribution is 5.77. The molecule has 0 aromatic heterocycles. The molecule has 1 aliphatic rings. The molecule has 11 heteroatoms. The Bertz CT molecular complexity index is 442. The largest absolute Gasteiger partial charge is 0.477 e. The minimum absolute atomic E-state index is 0.311. The van der Waals surface area contributed by atoms with Gasteiger partial charge in [-0.25, -0.2) is 9.18 Å². The number of carboxylic acids is 1. The van der Waals surface area contributed by atoms with Gasteiger partial charge in [-0.1, -0.05) is 6.58 Å². The van der Waals surface area contributed by atoms with Crippen LogP contribution in [0.2, 0.25) is 0 Å². The van der Waals surface area contributed by atoms with Gasteiger partial charge >= 0.3 is 11.8 Å². The number of carboxylic acid groups (broad SMARTS) is 1. The van der Waals surface area contributed by atoms with Crippen LogP contribution in [0.4, 0.5) is 8.78 Å². The SMILES string of the molecule is C=C(N)NC1C(N)C(C(O)[C@H](O)CO)OC(F)(C(=O)O)C1F. The van der Waals surface area contributed by atoms with Crippen LogP contribution >= 0.6 is 0 Å². The first kappa shape index (κ1) is 18.5. The van der Waals surface area contributed by atoms with Crippen molar-refractivity contribution in [3.63, 3.8) is 0 Å². The number of halogens is 2. The van der Waals surface area contributed by atoms with Crippen molar-refractivity contribution in [1.29, 1.82) is 0 Å². The van der Waals surface area contributed by atoms with Gasteiger partial charge in [-0.2, -0.15) is 4.39 Å². The topological polar surface area (TPSA) is 171 Å². The summed E-state index contributed by atoms with van der Waals surface area (Å²) in [6, 6.07) is -3.19. The summed E-state index contributed by atoms with van der Waals surface area (Å²) in [5.41, 5.74) is 10.9. The second-order valence-electron chi connectivity index (χ2n) is 4.95. The van der Waals surface area contributed by atoms with Crippen molar-refractivity contribution in [2.75, 3.05) is 6.61 Å². The number of aliphatic carboxylic acids is 1. The number of aliphatic hydroxyl groups excluding tert-OH is 3.